The van der Waals surface area contributed by atoms with Crippen LogP contribution in [0.4, 0.5) is 5.82 Å². The number of carboxylic acids is 1. The van der Waals surface area contributed by atoms with Crippen LogP contribution in [0.15, 0.2) is 12.1 Å². The first-order valence-electron chi connectivity index (χ1n) is 6.98. The molecule has 1 N–H and O–H groups in total. The second kappa shape index (κ2) is 6.50. The number of carboxylic acid groups (broad SMARTS) is 1. The lowest BCUT2D eigenvalue weighted by Crippen LogP contribution is -2.36. The smallest absolute Gasteiger partial charge is 0.303 e. The van der Waals surface area contributed by atoms with Crippen LogP contribution < -0.4 is 4.90 Å². The van der Waals surface area contributed by atoms with Gasteiger partial charge in [0.2, 0.25) is 0 Å². The Bertz CT molecular complexity index is 419. The van der Waals surface area contributed by atoms with E-state index in [1.165, 1.54) is 0 Å². The van der Waals surface area contributed by atoms with Crippen molar-refractivity contribution in [2.24, 2.45) is 5.92 Å². The summed E-state index contributed by atoms with van der Waals surface area (Å²) in [6, 6.07) is 4.04. The zero-order valence-corrected chi connectivity index (χ0v) is 11.4. The van der Waals surface area contributed by atoms with Crippen LogP contribution in [0.25, 0.3) is 0 Å². The van der Waals surface area contributed by atoms with Crippen molar-refractivity contribution < 1.29 is 9.90 Å². The molecule has 0 aromatic carbocycles. The van der Waals surface area contributed by atoms with Gasteiger partial charge in [0.25, 0.3) is 0 Å². The van der Waals surface area contributed by atoms with Crippen LogP contribution in [-0.4, -0.2) is 34.4 Å². The van der Waals surface area contributed by atoms with E-state index in [9.17, 15) is 4.79 Å². The number of anilines is 1. The highest BCUT2D eigenvalue weighted by Gasteiger charge is 2.21. The van der Waals surface area contributed by atoms with E-state index in [0.29, 0.717) is 5.92 Å². The zero-order valence-electron chi connectivity index (χ0n) is 11.4. The first kappa shape index (κ1) is 13.8. The van der Waals surface area contributed by atoms with Crippen LogP contribution in [0.5, 0.6) is 0 Å². The Labute approximate surface area is 113 Å². The lowest BCUT2D eigenvalue weighted by molar-refractivity contribution is -0.137. The fourth-order valence-electron chi connectivity index (χ4n) is 2.55. The molecule has 0 spiro atoms. The zero-order chi connectivity index (χ0) is 13.7. The van der Waals surface area contributed by atoms with Gasteiger partial charge in [-0.05, 0) is 43.7 Å². The summed E-state index contributed by atoms with van der Waals surface area (Å²) in [5.41, 5.74) is 1.00. The molecule has 1 fully saturated rings. The molecule has 1 aromatic rings. The van der Waals surface area contributed by atoms with E-state index < -0.39 is 5.97 Å². The molecule has 1 aliphatic heterocycles. The summed E-state index contributed by atoms with van der Waals surface area (Å²) in [6.07, 6.45) is 4.13. The molecule has 0 amide bonds. The SMILES string of the molecule is CCc1ccc(N2CCCC(CCC(=O)O)C2)nn1. The summed E-state index contributed by atoms with van der Waals surface area (Å²) in [7, 11) is 0. The fraction of sp³-hybridized carbons (Fsp3) is 0.643. The van der Waals surface area contributed by atoms with E-state index in [1.54, 1.807) is 0 Å². The van der Waals surface area contributed by atoms with Crippen LogP contribution in [0.3, 0.4) is 0 Å². The maximum absolute atomic E-state index is 10.6. The minimum atomic E-state index is -0.704. The molecule has 0 bridgehead atoms. The number of hydrogen-bond donors (Lipinski definition) is 1. The number of nitrogens with zero attached hydrogens (tertiary/aromatic N) is 3. The van der Waals surface area contributed by atoms with Crippen LogP contribution >= 0.6 is 0 Å². The van der Waals surface area contributed by atoms with Gasteiger partial charge < -0.3 is 10.0 Å². The second-order valence-corrected chi connectivity index (χ2v) is 5.12. The number of hydrogen-bond acceptors (Lipinski definition) is 4. The third-order valence-electron chi connectivity index (χ3n) is 3.68. The number of aromatic nitrogens is 2. The molecule has 2 heterocycles. The average Bonchev–Trinajstić information content (AvgIpc) is 2.45. The fourth-order valence-corrected chi connectivity index (χ4v) is 2.55. The average molecular weight is 263 g/mol. The van der Waals surface area contributed by atoms with E-state index in [-0.39, 0.29) is 6.42 Å². The highest BCUT2D eigenvalue weighted by molar-refractivity contribution is 5.66. The van der Waals surface area contributed by atoms with Crippen LogP contribution in [0.2, 0.25) is 0 Å². The van der Waals surface area contributed by atoms with Gasteiger partial charge in [0.05, 0.1) is 5.69 Å². The van der Waals surface area contributed by atoms with Crippen molar-refractivity contribution >= 4 is 11.8 Å². The lowest BCUT2D eigenvalue weighted by Gasteiger charge is -2.33. The molecule has 1 aromatic heterocycles. The molecule has 5 heteroatoms. The van der Waals surface area contributed by atoms with Gasteiger partial charge in [-0.3, -0.25) is 4.79 Å². The second-order valence-electron chi connectivity index (χ2n) is 5.12. The molecular weight excluding hydrogens is 242 g/mol. The summed E-state index contributed by atoms with van der Waals surface area (Å²) in [5.74, 6) is 0.666. The van der Waals surface area contributed by atoms with E-state index in [1.807, 2.05) is 12.1 Å². The first-order valence-corrected chi connectivity index (χ1v) is 6.98. The van der Waals surface area contributed by atoms with Crippen molar-refractivity contribution in [3.05, 3.63) is 17.8 Å². The quantitative estimate of drug-likeness (QED) is 0.881. The summed E-state index contributed by atoms with van der Waals surface area (Å²) < 4.78 is 0. The normalized spacial score (nSPS) is 19.4. The minimum absolute atomic E-state index is 0.263. The number of aliphatic carboxylic acids is 1. The molecule has 5 nitrogen and oxygen atoms in total. The van der Waals surface area contributed by atoms with Crippen molar-refractivity contribution in [3.63, 3.8) is 0 Å². The van der Waals surface area contributed by atoms with E-state index in [0.717, 1.165) is 50.3 Å². The predicted molar refractivity (Wildman–Crippen MR) is 73.2 cm³/mol. The van der Waals surface area contributed by atoms with Crippen molar-refractivity contribution in [3.8, 4) is 0 Å². The molecule has 1 atom stereocenters. The number of piperidine rings is 1. The molecule has 19 heavy (non-hydrogen) atoms. The topological polar surface area (TPSA) is 66.3 Å². The Morgan fingerprint density at radius 2 is 2.32 bits per heavy atom. The number of carbonyl (C=O) groups is 1. The molecule has 1 aliphatic rings. The lowest BCUT2D eigenvalue weighted by atomic mass is 9.93. The number of rotatable bonds is 5. The third kappa shape index (κ3) is 3.91. The Hall–Kier alpha value is -1.65. The van der Waals surface area contributed by atoms with Crippen molar-refractivity contribution in [2.45, 2.75) is 39.0 Å². The standard InChI is InChI=1S/C14H21N3O2/c1-2-12-6-7-13(16-15-12)17-9-3-4-11(10-17)5-8-14(18)19/h6-7,11H,2-5,8-10H2,1H3,(H,18,19). The molecule has 1 saturated heterocycles. The largest absolute Gasteiger partial charge is 0.481 e. The molecule has 1 unspecified atom stereocenters. The monoisotopic (exact) mass is 263 g/mol. The maximum Gasteiger partial charge on any atom is 0.303 e. The number of aryl methyl sites for hydroxylation is 1. The van der Waals surface area contributed by atoms with Gasteiger partial charge in [-0.1, -0.05) is 6.92 Å². The van der Waals surface area contributed by atoms with Gasteiger partial charge in [-0.2, -0.15) is 5.10 Å². The van der Waals surface area contributed by atoms with Gasteiger partial charge in [0, 0.05) is 19.5 Å². The summed E-state index contributed by atoms with van der Waals surface area (Å²) in [4.78, 5) is 12.9. The van der Waals surface area contributed by atoms with Crippen molar-refractivity contribution in [1.82, 2.24) is 10.2 Å². The summed E-state index contributed by atoms with van der Waals surface area (Å²) in [6.45, 7) is 3.95. The van der Waals surface area contributed by atoms with Gasteiger partial charge >= 0.3 is 5.97 Å². The molecule has 0 aliphatic carbocycles. The van der Waals surface area contributed by atoms with Crippen molar-refractivity contribution in [2.75, 3.05) is 18.0 Å². The van der Waals surface area contributed by atoms with Crippen LogP contribution in [0, 0.1) is 5.92 Å². The Morgan fingerprint density at radius 1 is 1.47 bits per heavy atom. The minimum Gasteiger partial charge on any atom is -0.481 e. The van der Waals surface area contributed by atoms with Gasteiger partial charge in [-0.15, -0.1) is 5.10 Å². The van der Waals surface area contributed by atoms with Crippen molar-refractivity contribution in [1.29, 1.82) is 0 Å². The third-order valence-corrected chi connectivity index (χ3v) is 3.68. The van der Waals surface area contributed by atoms with Crippen LogP contribution in [0.1, 0.15) is 38.3 Å². The molecule has 0 saturated carbocycles. The first-order chi connectivity index (χ1) is 9.19. The van der Waals surface area contributed by atoms with Gasteiger partial charge in [0.15, 0.2) is 5.82 Å². The molecule has 2 rings (SSSR count). The predicted octanol–water partition coefficient (Wildman–Crippen LogP) is 2.12. The summed E-state index contributed by atoms with van der Waals surface area (Å²) >= 11 is 0. The Morgan fingerprint density at radius 3 is 2.95 bits per heavy atom. The van der Waals surface area contributed by atoms with Gasteiger partial charge in [0.1, 0.15) is 0 Å². The Balaban J connectivity index is 1.94. The highest BCUT2D eigenvalue weighted by atomic mass is 16.4. The van der Waals surface area contributed by atoms with E-state index >= 15 is 0 Å². The summed E-state index contributed by atoms with van der Waals surface area (Å²) in [5, 5.41) is 17.2. The highest BCUT2D eigenvalue weighted by Crippen LogP contribution is 2.24. The maximum atomic E-state index is 10.6. The van der Waals surface area contributed by atoms with E-state index in [4.69, 9.17) is 5.11 Å². The van der Waals surface area contributed by atoms with Gasteiger partial charge in [-0.25, -0.2) is 0 Å². The Kier molecular flexibility index (Phi) is 4.71. The molecular formula is C14H21N3O2. The molecule has 0 radical (unpaired) electrons. The van der Waals surface area contributed by atoms with Crippen LogP contribution in [-0.2, 0) is 11.2 Å². The van der Waals surface area contributed by atoms with E-state index in [2.05, 4.69) is 22.0 Å². The molecule has 104 valence electrons.